The molecule has 1 fully saturated rings. The lowest BCUT2D eigenvalue weighted by Crippen LogP contribution is -2.55. The maximum Gasteiger partial charge on any atom is 0.246 e. The summed E-state index contributed by atoms with van der Waals surface area (Å²) in [6, 6.07) is 0.678. The van der Waals surface area contributed by atoms with E-state index in [2.05, 4.69) is 18.8 Å². The first-order chi connectivity index (χ1) is 5.65. The quantitative estimate of drug-likeness (QED) is 0.574. The van der Waals surface area contributed by atoms with Gasteiger partial charge in [-0.25, -0.2) is 0 Å². The number of piperazine rings is 1. The molecule has 1 rings (SSSR count). The molecule has 0 aromatic rings. The Labute approximate surface area is 73.4 Å². The molecular weight excluding hydrogens is 152 g/mol. The Balaban J connectivity index is 2.60. The third-order valence-electron chi connectivity index (χ3n) is 2.22. The smallest absolute Gasteiger partial charge is 0.246 e. The van der Waals surface area contributed by atoms with Crippen LogP contribution < -0.4 is 5.32 Å². The van der Waals surface area contributed by atoms with Crippen molar-refractivity contribution in [3.05, 3.63) is 12.7 Å². The maximum absolute atomic E-state index is 11.3. The van der Waals surface area contributed by atoms with Gasteiger partial charge in [-0.2, -0.15) is 0 Å². The van der Waals surface area contributed by atoms with Gasteiger partial charge in [0.15, 0.2) is 0 Å². The summed E-state index contributed by atoms with van der Waals surface area (Å²) in [5.41, 5.74) is 0. The minimum Gasteiger partial charge on any atom is -0.334 e. The van der Waals surface area contributed by atoms with E-state index in [4.69, 9.17) is 0 Å². The topological polar surface area (TPSA) is 32.3 Å². The Kier molecular flexibility index (Phi) is 2.87. The largest absolute Gasteiger partial charge is 0.334 e. The maximum atomic E-state index is 11.3. The molecule has 2 atom stereocenters. The Morgan fingerprint density at radius 1 is 1.67 bits per heavy atom. The SMILES string of the molecule is C=CC(=O)N1CC(C)NC[C@H]1C. The van der Waals surface area contributed by atoms with E-state index in [1.165, 1.54) is 6.08 Å². The summed E-state index contributed by atoms with van der Waals surface area (Å²) >= 11 is 0. The van der Waals surface area contributed by atoms with E-state index in [-0.39, 0.29) is 11.9 Å². The number of nitrogens with one attached hydrogen (secondary N) is 1. The molecule has 1 aliphatic rings. The molecule has 1 unspecified atom stereocenters. The van der Waals surface area contributed by atoms with Gasteiger partial charge >= 0.3 is 0 Å². The van der Waals surface area contributed by atoms with E-state index >= 15 is 0 Å². The molecule has 1 aliphatic heterocycles. The molecule has 0 radical (unpaired) electrons. The van der Waals surface area contributed by atoms with Crippen molar-refractivity contribution >= 4 is 5.91 Å². The molecule has 12 heavy (non-hydrogen) atoms. The van der Waals surface area contributed by atoms with Crippen LogP contribution in [0.3, 0.4) is 0 Å². The average molecular weight is 168 g/mol. The lowest BCUT2D eigenvalue weighted by atomic mass is 10.1. The Hall–Kier alpha value is -0.830. The highest BCUT2D eigenvalue weighted by Gasteiger charge is 2.24. The summed E-state index contributed by atoms with van der Waals surface area (Å²) in [4.78, 5) is 13.2. The highest BCUT2D eigenvalue weighted by Crippen LogP contribution is 2.06. The zero-order chi connectivity index (χ0) is 9.14. The highest BCUT2D eigenvalue weighted by atomic mass is 16.2. The van der Waals surface area contributed by atoms with Crippen molar-refractivity contribution in [3.8, 4) is 0 Å². The fourth-order valence-electron chi connectivity index (χ4n) is 1.45. The van der Waals surface area contributed by atoms with Crippen molar-refractivity contribution in [3.63, 3.8) is 0 Å². The molecule has 1 heterocycles. The first-order valence-electron chi connectivity index (χ1n) is 4.31. The van der Waals surface area contributed by atoms with Gasteiger partial charge in [0.2, 0.25) is 5.91 Å². The molecule has 0 aromatic heterocycles. The molecule has 3 heteroatoms. The van der Waals surface area contributed by atoms with Crippen LogP contribution in [0.2, 0.25) is 0 Å². The van der Waals surface area contributed by atoms with E-state index < -0.39 is 0 Å². The van der Waals surface area contributed by atoms with Crippen LogP contribution in [0.5, 0.6) is 0 Å². The van der Waals surface area contributed by atoms with Gasteiger partial charge in [-0.1, -0.05) is 6.58 Å². The van der Waals surface area contributed by atoms with Crippen molar-refractivity contribution in [2.75, 3.05) is 13.1 Å². The molecule has 0 aliphatic carbocycles. The summed E-state index contributed by atoms with van der Waals surface area (Å²) in [6.07, 6.45) is 1.38. The van der Waals surface area contributed by atoms with Crippen molar-refractivity contribution in [1.29, 1.82) is 0 Å². The Bertz CT molecular complexity index is 191. The lowest BCUT2D eigenvalue weighted by molar-refractivity contribution is -0.129. The number of hydrogen-bond acceptors (Lipinski definition) is 2. The molecule has 68 valence electrons. The third kappa shape index (κ3) is 1.85. The second kappa shape index (κ2) is 3.72. The molecule has 1 N–H and O–H groups in total. The number of hydrogen-bond donors (Lipinski definition) is 1. The van der Waals surface area contributed by atoms with E-state index in [9.17, 15) is 4.79 Å². The molecule has 0 aromatic carbocycles. The zero-order valence-electron chi connectivity index (χ0n) is 7.71. The van der Waals surface area contributed by atoms with Gasteiger partial charge < -0.3 is 10.2 Å². The second-order valence-corrected chi connectivity index (χ2v) is 3.35. The van der Waals surface area contributed by atoms with Crippen LogP contribution in [0.15, 0.2) is 12.7 Å². The standard InChI is InChI=1S/C9H16N2O/c1-4-9(12)11-6-7(2)10-5-8(11)3/h4,7-8,10H,1,5-6H2,2-3H3/t7?,8-/m1/s1. The first-order valence-corrected chi connectivity index (χ1v) is 4.31. The number of nitrogens with zero attached hydrogens (tertiary/aromatic N) is 1. The van der Waals surface area contributed by atoms with Crippen molar-refractivity contribution in [1.82, 2.24) is 10.2 Å². The van der Waals surface area contributed by atoms with Gasteiger partial charge in [0.25, 0.3) is 0 Å². The number of carbonyl (C=O) groups is 1. The fourth-order valence-corrected chi connectivity index (χ4v) is 1.45. The van der Waals surface area contributed by atoms with Gasteiger partial charge in [-0.05, 0) is 19.9 Å². The Morgan fingerprint density at radius 2 is 2.33 bits per heavy atom. The predicted octanol–water partition coefficient (Wildman–Crippen LogP) is 0.381. The van der Waals surface area contributed by atoms with Crippen LogP contribution in [-0.4, -0.2) is 36.0 Å². The first kappa shape index (κ1) is 9.26. The van der Waals surface area contributed by atoms with Crippen LogP contribution in [0, 0.1) is 0 Å². The average Bonchev–Trinajstić information content (AvgIpc) is 2.08. The minimum atomic E-state index is 0.0378. The molecule has 0 saturated carbocycles. The van der Waals surface area contributed by atoms with Crippen LogP contribution in [0.1, 0.15) is 13.8 Å². The zero-order valence-corrected chi connectivity index (χ0v) is 7.71. The molecule has 1 amide bonds. The highest BCUT2D eigenvalue weighted by molar-refractivity contribution is 5.87. The monoisotopic (exact) mass is 168 g/mol. The van der Waals surface area contributed by atoms with Gasteiger partial charge in [-0.3, -0.25) is 4.79 Å². The molecule has 3 nitrogen and oxygen atoms in total. The second-order valence-electron chi connectivity index (χ2n) is 3.35. The van der Waals surface area contributed by atoms with Crippen molar-refractivity contribution < 1.29 is 4.79 Å². The number of amides is 1. The normalized spacial score (nSPS) is 30.0. The van der Waals surface area contributed by atoms with Gasteiger partial charge in [0, 0.05) is 25.2 Å². The molecule has 1 saturated heterocycles. The van der Waals surface area contributed by atoms with E-state index in [1.54, 1.807) is 0 Å². The summed E-state index contributed by atoms with van der Waals surface area (Å²) < 4.78 is 0. The minimum absolute atomic E-state index is 0.0378. The van der Waals surface area contributed by atoms with Gasteiger partial charge in [-0.15, -0.1) is 0 Å². The number of carbonyl (C=O) groups excluding carboxylic acids is 1. The molecule has 0 spiro atoms. The summed E-state index contributed by atoms with van der Waals surface area (Å²) in [5, 5.41) is 3.31. The van der Waals surface area contributed by atoms with Crippen LogP contribution >= 0.6 is 0 Å². The fraction of sp³-hybridized carbons (Fsp3) is 0.667. The van der Waals surface area contributed by atoms with E-state index in [1.807, 2.05) is 11.8 Å². The molecule has 0 bridgehead atoms. The van der Waals surface area contributed by atoms with Gasteiger partial charge in [0.1, 0.15) is 0 Å². The summed E-state index contributed by atoms with van der Waals surface area (Å²) in [5.74, 6) is 0.0378. The summed E-state index contributed by atoms with van der Waals surface area (Å²) in [6.45, 7) is 9.26. The Morgan fingerprint density at radius 3 is 2.92 bits per heavy atom. The van der Waals surface area contributed by atoms with Crippen LogP contribution in [0.4, 0.5) is 0 Å². The van der Waals surface area contributed by atoms with Crippen LogP contribution in [0.25, 0.3) is 0 Å². The predicted molar refractivity (Wildman–Crippen MR) is 48.8 cm³/mol. The number of rotatable bonds is 1. The lowest BCUT2D eigenvalue weighted by Gasteiger charge is -2.36. The molecular formula is C9H16N2O. The van der Waals surface area contributed by atoms with E-state index in [0.717, 1.165) is 13.1 Å². The van der Waals surface area contributed by atoms with Crippen LogP contribution in [-0.2, 0) is 4.79 Å². The van der Waals surface area contributed by atoms with Gasteiger partial charge in [0.05, 0.1) is 0 Å². The van der Waals surface area contributed by atoms with Crippen molar-refractivity contribution in [2.24, 2.45) is 0 Å². The third-order valence-corrected chi connectivity index (χ3v) is 2.22. The van der Waals surface area contributed by atoms with E-state index in [0.29, 0.717) is 6.04 Å². The summed E-state index contributed by atoms with van der Waals surface area (Å²) in [7, 11) is 0. The van der Waals surface area contributed by atoms with Crippen molar-refractivity contribution in [2.45, 2.75) is 25.9 Å².